The van der Waals surface area contributed by atoms with E-state index in [2.05, 4.69) is 4.90 Å². The van der Waals surface area contributed by atoms with E-state index in [0.29, 0.717) is 6.04 Å². The molecule has 1 heterocycles. The zero-order valence-electron chi connectivity index (χ0n) is 13.8. The highest BCUT2D eigenvalue weighted by molar-refractivity contribution is 5.29. The molecule has 4 rings (SSSR count). The lowest BCUT2D eigenvalue weighted by Gasteiger charge is -2.32. The van der Waals surface area contributed by atoms with Crippen LogP contribution in [-0.2, 0) is 0 Å². The standard InChI is InChI=1S/C20H27NO2/c22-19-13-15-11-17(21-9-5-2-6-10-21)12-16(15)14-20(19)23-18-7-3-1-4-8-18/h1,3-4,7-8,17,19-20,22H,2,5-6,9-14H2/t17-,19-,20-/m1/s1. The Morgan fingerprint density at radius 3 is 2.30 bits per heavy atom. The molecule has 1 aliphatic heterocycles. The largest absolute Gasteiger partial charge is 0.487 e. The van der Waals surface area contributed by atoms with E-state index < -0.39 is 0 Å². The molecule has 3 heteroatoms. The number of nitrogens with zero attached hydrogens (tertiary/aromatic N) is 1. The Kier molecular flexibility index (Phi) is 4.41. The molecule has 3 aliphatic rings. The van der Waals surface area contributed by atoms with Crippen molar-refractivity contribution in [1.29, 1.82) is 0 Å². The number of rotatable bonds is 3. The van der Waals surface area contributed by atoms with Crippen molar-refractivity contribution in [1.82, 2.24) is 4.90 Å². The molecule has 0 spiro atoms. The van der Waals surface area contributed by atoms with Gasteiger partial charge in [-0.25, -0.2) is 0 Å². The second kappa shape index (κ2) is 6.66. The maximum Gasteiger partial charge on any atom is 0.128 e. The monoisotopic (exact) mass is 313 g/mol. The molecule has 0 aromatic heterocycles. The van der Waals surface area contributed by atoms with Crippen LogP contribution in [0, 0.1) is 0 Å². The number of hydrogen-bond acceptors (Lipinski definition) is 3. The van der Waals surface area contributed by atoms with Gasteiger partial charge in [0.25, 0.3) is 0 Å². The summed E-state index contributed by atoms with van der Waals surface area (Å²) in [6, 6.07) is 10.6. The van der Waals surface area contributed by atoms with Gasteiger partial charge in [0, 0.05) is 12.5 Å². The average Bonchev–Trinajstić information content (AvgIpc) is 3.00. The summed E-state index contributed by atoms with van der Waals surface area (Å²) in [6.07, 6.45) is 7.70. The van der Waals surface area contributed by atoms with Crippen molar-refractivity contribution in [2.24, 2.45) is 0 Å². The summed E-state index contributed by atoms with van der Waals surface area (Å²) in [4.78, 5) is 2.68. The molecule has 1 saturated heterocycles. The molecular weight excluding hydrogens is 286 g/mol. The summed E-state index contributed by atoms with van der Waals surface area (Å²) in [5.74, 6) is 0.867. The third kappa shape index (κ3) is 3.31. The zero-order chi connectivity index (χ0) is 15.6. The van der Waals surface area contributed by atoms with Crippen LogP contribution in [0.3, 0.4) is 0 Å². The molecular formula is C20H27NO2. The Balaban J connectivity index is 1.40. The lowest BCUT2D eigenvalue weighted by atomic mass is 9.89. The highest BCUT2D eigenvalue weighted by atomic mass is 16.5. The van der Waals surface area contributed by atoms with Crippen molar-refractivity contribution >= 4 is 0 Å². The molecule has 0 unspecified atom stereocenters. The second-order valence-electron chi connectivity index (χ2n) is 7.31. The van der Waals surface area contributed by atoms with E-state index >= 15 is 0 Å². The molecule has 3 atom stereocenters. The van der Waals surface area contributed by atoms with Crippen LogP contribution in [0.4, 0.5) is 0 Å². The zero-order valence-corrected chi connectivity index (χ0v) is 13.8. The second-order valence-corrected chi connectivity index (χ2v) is 7.31. The molecule has 0 saturated carbocycles. The highest BCUT2D eigenvalue weighted by Gasteiger charge is 2.37. The van der Waals surface area contributed by atoms with Crippen molar-refractivity contribution in [2.75, 3.05) is 13.1 Å². The van der Waals surface area contributed by atoms with Gasteiger partial charge in [-0.3, -0.25) is 4.90 Å². The fourth-order valence-electron chi connectivity index (χ4n) is 4.48. The molecule has 1 aromatic carbocycles. The smallest absolute Gasteiger partial charge is 0.128 e. The lowest BCUT2D eigenvalue weighted by Crippen LogP contribution is -2.38. The summed E-state index contributed by atoms with van der Waals surface area (Å²) in [5.41, 5.74) is 3.08. The van der Waals surface area contributed by atoms with E-state index in [-0.39, 0.29) is 12.2 Å². The Labute approximate surface area is 139 Å². The van der Waals surface area contributed by atoms with Crippen LogP contribution >= 0.6 is 0 Å². The predicted octanol–water partition coefficient (Wildman–Crippen LogP) is 3.53. The molecule has 124 valence electrons. The van der Waals surface area contributed by atoms with Crippen molar-refractivity contribution < 1.29 is 9.84 Å². The maximum absolute atomic E-state index is 10.5. The predicted molar refractivity (Wildman–Crippen MR) is 91.6 cm³/mol. The van der Waals surface area contributed by atoms with E-state index in [0.717, 1.165) is 18.6 Å². The third-order valence-corrected chi connectivity index (χ3v) is 5.73. The van der Waals surface area contributed by atoms with Gasteiger partial charge in [0.05, 0.1) is 6.10 Å². The van der Waals surface area contributed by atoms with Crippen LogP contribution in [0.15, 0.2) is 41.5 Å². The topological polar surface area (TPSA) is 32.7 Å². The number of ether oxygens (including phenoxy) is 1. The SMILES string of the molecule is O[C@@H]1CC2=C(C[C@H](N3CCCCC3)C2)C[C@H]1Oc1ccccc1. The Hall–Kier alpha value is -1.32. The fraction of sp³-hybridized carbons (Fsp3) is 0.600. The number of hydrogen-bond donors (Lipinski definition) is 1. The van der Waals surface area contributed by atoms with Crippen LogP contribution in [0.5, 0.6) is 5.75 Å². The van der Waals surface area contributed by atoms with Crippen LogP contribution < -0.4 is 4.74 Å². The van der Waals surface area contributed by atoms with Gasteiger partial charge >= 0.3 is 0 Å². The number of para-hydroxylation sites is 1. The molecule has 0 radical (unpaired) electrons. The van der Waals surface area contributed by atoms with E-state index in [1.165, 1.54) is 50.8 Å². The van der Waals surface area contributed by atoms with Crippen molar-refractivity contribution in [3.8, 4) is 5.75 Å². The van der Waals surface area contributed by atoms with Crippen molar-refractivity contribution in [3.05, 3.63) is 41.5 Å². The van der Waals surface area contributed by atoms with Gasteiger partial charge in [0.2, 0.25) is 0 Å². The van der Waals surface area contributed by atoms with Gasteiger partial charge in [-0.15, -0.1) is 0 Å². The number of benzene rings is 1. The number of aliphatic hydroxyl groups is 1. The Morgan fingerprint density at radius 2 is 1.57 bits per heavy atom. The summed E-state index contributed by atoms with van der Waals surface area (Å²) in [5, 5.41) is 10.5. The first-order chi connectivity index (χ1) is 11.3. The van der Waals surface area contributed by atoms with Crippen molar-refractivity contribution in [2.45, 2.75) is 63.2 Å². The number of piperidine rings is 1. The van der Waals surface area contributed by atoms with Gasteiger partial charge in [-0.05, 0) is 57.3 Å². The molecule has 0 amide bonds. The Morgan fingerprint density at radius 1 is 0.870 bits per heavy atom. The van der Waals surface area contributed by atoms with Gasteiger partial charge in [0.15, 0.2) is 0 Å². The van der Waals surface area contributed by atoms with E-state index in [1.54, 1.807) is 5.57 Å². The third-order valence-electron chi connectivity index (χ3n) is 5.73. The van der Waals surface area contributed by atoms with Crippen LogP contribution in [0.25, 0.3) is 0 Å². The number of likely N-dealkylation sites (tertiary alicyclic amines) is 1. The van der Waals surface area contributed by atoms with Gasteiger partial charge in [0.1, 0.15) is 11.9 Å². The summed E-state index contributed by atoms with van der Waals surface area (Å²) < 4.78 is 6.06. The van der Waals surface area contributed by atoms with Gasteiger partial charge in [-0.2, -0.15) is 0 Å². The average molecular weight is 313 g/mol. The first-order valence-corrected chi connectivity index (χ1v) is 9.13. The van der Waals surface area contributed by atoms with E-state index in [9.17, 15) is 5.11 Å². The van der Waals surface area contributed by atoms with Crippen molar-refractivity contribution in [3.63, 3.8) is 0 Å². The van der Waals surface area contributed by atoms with Crippen LogP contribution in [-0.4, -0.2) is 41.3 Å². The maximum atomic E-state index is 10.5. The van der Waals surface area contributed by atoms with Gasteiger partial charge < -0.3 is 9.84 Å². The fourth-order valence-corrected chi connectivity index (χ4v) is 4.48. The number of aliphatic hydroxyl groups excluding tert-OH is 1. The summed E-state index contributed by atoms with van der Waals surface area (Å²) >= 11 is 0. The van der Waals surface area contributed by atoms with Crippen LogP contribution in [0.1, 0.15) is 44.9 Å². The molecule has 3 nitrogen and oxygen atoms in total. The first-order valence-electron chi connectivity index (χ1n) is 9.13. The lowest BCUT2D eigenvalue weighted by molar-refractivity contribution is 0.0306. The molecule has 1 fully saturated rings. The minimum atomic E-state index is -0.367. The molecule has 1 aromatic rings. The quantitative estimate of drug-likeness (QED) is 0.867. The van der Waals surface area contributed by atoms with E-state index in [1.807, 2.05) is 30.3 Å². The summed E-state index contributed by atoms with van der Waals surface area (Å²) in [7, 11) is 0. The molecule has 2 aliphatic carbocycles. The molecule has 1 N–H and O–H groups in total. The highest BCUT2D eigenvalue weighted by Crippen LogP contribution is 2.40. The molecule has 0 bridgehead atoms. The molecule has 23 heavy (non-hydrogen) atoms. The summed E-state index contributed by atoms with van der Waals surface area (Å²) in [6.45, 7) is 2.52. The normalized spacial score (nSPS) is 32.0. The first kappa shape index (κ1) is 15.2. The minimum Gasteiger partial charge on any atom is -0.487 e. The van der Waals surface area contributed by atoms with E-state index in [4.69, 9.17) is 4.74 Å². The Bertz CT molecular complexity index is 562. The van der Waals surface area contributed by atoms with Crippen LogP contribution in [0.2, 0.25) is 0 Å². The minimum absolute atomic E-state index is 0.0868. The van der Waals surface area contributed by atoms with Gasteiger partial charge in [-0.1, -0.05) is 35.8 Å².